The van der Waals surface area contributed by atoms with Crippen LogP contribution in [0.4, 0.5) is 0 Å². The van der Waals surface area contributed by atoms with Crippen molar-refractivity contribution in [3.63, 3.8) is 0 Å². The summed E-state index contributed by atoms with van der Waals surface area (Å²) in [6.45, 7) is 3.70. The molecule has 2 aliphatic rings. The summed E-state index contributed by atoms with van der Waals surface area (Å²) in [5.41, 5.74) is 1.38. The van der Waals surface area contributed by atoms with Crippen molar-refractivity contribution in [2.75, 3.05) is 19.6 Å². The van der Waals surface area contributed by atoms with E-state index in [0.29, 0.717) is 12.3 Å². The number of hydrogen-bond acceptors (Lipinski definition) is 4. The molecule has 2 fully saturated rings. The normalized spacial score (nSPS) is 22.5. The molecule has 5 nitrogen and oxygen atoms in total. The minimum absolute atomic E-state index is 0.00721. The Morgan fingerprint density at radius 1 is 1.12 bits per heavy atom. The van der Waals surface area contributed by atoms with Crippen LogP contribution in [0, 0.1) is 0 Å². The third-order valence-corrected chi connectivity index (χ3v) is 5.59. The van der Waals surface area contributed by atoms with Gasteiger partial charge in [0.25, 0.3) is 5.91 Å². The van der Waals surface area contributed by atoms with Crippen LogP contribution in [0.25, 0.3) is 0 Å². The number of likely N-dealkylation sites (tertiary alicyclic amines) is 1. The molecule has 0 saturated carbocycles. The second-order valence-corrected chi connectivity index (χ2v) is 7.41. The maximum absolute atomic E-state index is 12.0. The van der Waals surface area contributed by atoms with Crippen LogP contribution in [0.3, 0.4) is 0 Å². The van der Waals surface area contributed by atoms with Crippen molar-refractivity contribution in [2.45, 2.75) is 43.9 Å². The predicted octanol–water partition coefficient (Wildman–Crippen LogP) is 3.22. The Kier molecular flexibility index (Phi) is 5.09. The molecule has 0 radical (unpaired) electrons. The first kappa shape index (κ1) is 17.3. The molecule has 1 spiro atoms. The van der Waals surface area contributed by atoms with Gasteiger partial charge in [-0.05, 0) is 43.4 Å². The Morgan fingerprint density at radius 3 is 2.65 bits per heavy atom. The van der Waals surface area contributed by atoms with Crippen LogP contribution in [0.15, 0.2) is 53.1 Å². The third-order valence-electron chi connectivity index (χ3n) is 5.59. The molecular weight excluding hydrogens is 328 g/mol. The van der Waals surface area contributed by atoms with E-state index in [1.807, 2.05) is 0 Å². The fourth-order valence-corrected chi connectivity index (χ4v) is 4.07. The van der Waals surface area contributed by atoms with Crippen molar-refractivity contribution in [3.05, 3.63) is 60.1 Å². The number of amides is 1. The maximum Gasteiger partial charge on any atom is 0.287 e. The van der Waals surface area contributed by atoms with Crippen LogP contribution in [-0.2, 0) is 11.3 Å². The van der Waals surface area contributed by atoms with Crippen LogP contribution in [0.2, 0.25) is 0 Å². The number of ether oxygens (including phenoxy) is 1. The van der Waals surface area contributed by atoms with E-state index in [-0.39, 0.29) is 17.6 Å². The van der Waals surface area contributed by atoms with Crippen molar-refractivity contribution in [3.8, 4) is 0 Å². The highest BCUT2D eigenvalue weighted by Crippen LogP contribution is 2.39. The van der Waals surface area contributed by atoms with Crippen molar-refractivity contribution in [1.82, 2.24) is 10.2 Å². The Morgan fingerprint density at radius 2 is 1.92 bits per heavy atom. The maximum atomic E-state index is 12.0. The lowest BCUT2D eigenvalue weighted by atomic mass is 9.88. The lowest BCUT2D eigenvalue weighted by molar-refractivity contribution is -0.0764. The summed E-state index contributed by atoms with van der Waals surface area (Å²) < 4.78 is 11.5. The summed E-state index contributed by atoms with van der Waals surface area (Å²) in [5, 5.41) is 2.92. The van der Waals surface area contributed by atoms with Crippen LogP contribution >= 0.6 is 0 Å². The molecule has 1 N–H and O–H groups in total. The highest BCUT2D eigenvalue weighted by Gasteiger charge is 2.42. The lowest BCUT2D eigenvalue weighted by Crippen LogP contribution is -2.44. The van der Waals surface area contributed by atoms with Crippen LogP contribution < -0.4 is 5.32 Å². The van der Waals surface area contributed by atoms with E-state index in [1.165, 1.54) is 11.8 Å². The lowest BCUT2D eigenvalue weighted by Gasteiger charge is -2.39. The molecule has 4 rings (SSSR count). The van der Waals surface area contributed by atoms with Crippen molar-refractivity contribution >= 4 is 5.91 Å². The summed E-state index contributed by atoms with van der Waals surface area (Å²) in [6, 6.07) is 14.0. The molecule has 1 unspecified atom stereocenters. The van der Waals surface area contributed by atoms with E-state index in [1.54, 1.807) is 12.1 Å². The third kappa shape index (κ3) is 4.00. The number of furan rings is 1. The van der Waals surface area contributed by atoms with Gasteiger partial charge in [-0.25, -0.2) is 0 Å². The molecule has 1 aromatic carbocycles. The highest BCUT2D eigenvalue weighted by atomic mass is 16.5. The molecule has 5 heteroatoms. The minimum Gasteiger partial charge on any atom is -0.459 e. The summed E-state index contributed by atoms with van der Waals surface area (Å²) in [4.78, 5) is 14.5. The molecule has 2 aromatic rings. The monoisotopic (exact) mass is 354 g/mol. The molecule has 0 bridgehead atoms. The zero-order valence-corrected chi connectivity index (χ0v) is 15.0. The number of nitrogens with one attached hydrogen (secondary N) is 1. The van der Waals surface area contributed by atoms with Gasteiger partial charge in [0.2, 0.25) is 0 Å². The fourth-order valence-electron chi connectivity index (χ4n) is 4.07. The summed E-state index contributed by atoms with van der Waals surface area (Å²) >= 11 is 0. The van der Waals surface area contributed by atoms with Crippen LogP contribution in [-0.4, -0.2) is 42.1 Å². The van der Waals surface area contributed by atoms with Gasteiger partial charge < -0.3 is 14.5 Å². The molecule has 2 saturated heterocycles. The Balaban J connectivity index is 1.23. The fraction of sp³-hybridized carbons (Fsp3) is 0.476. The largest absolute Gasteiger partial charge is 0.459 e. The number of rotatable bonds is 5. The van der Waals surface area contributed by atoms with E-state index < -0.39 is 0 Å². The van der Waals surface area contributed by atoms with E-state index in [0.717, 1.165) is 45.3 Å². The number of nitrogens with zero attached hydrogens (tertiary/aromatic N) is 1. The first-order valence-corrected chi connectivity index (χ1v) is 9.48. The van der Waals surface area contributed by atoms with Gasteiger partial charge in [-0.15, -0.1) is 0 Å². The van der Waals surface area contributed by atoms with Gasteiger partial charge in [0, 0.05) is 26.2 Å². The zero-order chi connectivity index (χ0) is 17.8. The Hall–Kier alpha value is -2.11. The molecular formula is C21H26N2O3. The quantitative estimate of drug-likeness (QED) is 0.896. The van der Waals surface area contributed by atoms with Gasteiger partial charge in [-0.1, -0.05) is 30.3 Å². The van der Waals surface area contributed by atoms with Gasteiger partial charge in [-0.2, -0.15) is 0 Å². The molecule has 1 atom stereocenters. The molecule has 1 aromatic heterocycles. The van der Waals surface area contributed by atoms with Crippen LogP contribution in [0.5, 0.6) is 0 Å². The number of carbonyl (C=O) groups is 1. The van der Waals surface area contributed by atoms with Gasteiger partial charge in [0.05, 0.1) is 18.0 Å². The molecule has 138 valence electrons. The topological polar surface area (TPSA) is 54.7 Å². The van der Waals surface area contributed by atoms with E-state index >= 15 is 0 Å². The standard InChI is InChI=1S/C21H26N2O3/c24-20(19-7-4-14-25-19)22-15-18-8-9-21(26-18)10-12-23(13-11-21)16-17-5-2-1-3-6-17/h1-7,14,18H,8-13,15-16H2,(H,22,24). The first-order chi connectivity index (χ1) is 12.7. The zero-order valence-electron chi connectivity index (χ0n) is 15.0. The first-order valence-electron chi connectivity index (χ1n) is 9.48. The summed E-state index contributed by atoms with van der Waals surface area (Å²) in [7, 11) is 0. The molecule has 26 heavy (non-hydrogen) atoms. The molecule has 1 amide bonds. The summed E-state index contributed by atoms with van der Waals surface area (Å²) in [5.74, 6) is 0.184. The Labute approximate surface area is 154 Å². The minimum atomic E-state index is -0.169. The van der Waals surface area contributed by atoms with E-state index in [9.17, 15) is 4.79 Å². The van der Waals surface area contributed by atoms with E-state index in [4.69, 9.17) is 9.15 Å². The van der Waals surface area contributed by atoms with Crippen molar-refractivity contribution in [1.29, 1.82) is 0 Å². The second-order valence-electron chi connectivity index (χ2n) is 7.41. The average Bonchev–Trinajstić information content (AvgIpc) is 3.34. The second kappa shape index (κ2) is 7.64. The predicted molar refractivity (Wildman–Crippen MR) is 98.8 cm³/mol. The van der Waals surface area contributed by atoms with Crippen molar-refractivity contribution in [2.24, 2.45) is 0 Å². The van der Waals surface area contributed by atoms with Gasteiger partial charge in [0.15, 0.2) is 5.76 Å². The van der Waals surface area contributed by atoms with E-state index in [2.05, 4.69) is 40.5 Å². The van der Waals surface area contributed by atoms with Crippen molar-refractivity contribution < 1.29 is 13.9 Å². The van der Waals surface area contributed by atoms with Gasteiger partial charge >= 0.3 is 0 Å². The smallest absolute Gasteiger partial charge is 0.287 e. The SMILES string of the molecule is O=C(NCC1CCC2(CCN(Cc3ccccc3)CC2)O1)c1ccco1. The highest BCUT2D eigenvalue weighted by molar-refractivity contribution is 5.91. The molecule has 2 aliphatic heterocycles. The van der Waals surface area contributed by atoms with Crippen LogP contribution in [0.1, 0.15) is 41.8 Å². The number of hydrogen-bond donors (Lipinski definition) is 1. The Bertz CT molecular complexity index is 706. The average molecular weight is 354 g/mol. The molecule has 0 aliphatic carbocycles. The number of carbonyl (C=O) groups excluding carboxylic acids is 1. The number of piperidine rings is 1. The number of benzene rings is 1. The molecule has 3 heterocycles. The van der Waals surface area contributed by atoms with Gasteiger partial charge in [-0.3, -0.25) is 9.69 Å². The summed E-state index contributed by atoms with van der Waals surface area (Å²) in [6.07, 6.45) is 5.86. The van der Waals surface area contributed by atoms with Gasteiger partial charge in [0.1, 0.15) is 0 Å².